The maximum atomic E-state index is 11.0. The molecule has 108 valence electrons. The minimum absolute atomic E-state index is 0.0509. The first-order valence-electron chi connectivity index (χ1n) is 4.71. The van der Waals surface area contributed by atoms with Crippen LogP contribution in [-0.4, -0.2) is 44.3 Å². The normalized spacial score (nSPS) is 10.7. The Morgan fingerprint density at radius 2 is 1.00 bits per heavy atom. The molecule has 0 saturated carbocycles. The molecule has 0 radical (unpaired) electrons. The van der Waals surface area contributed by atoms with E-state index >= 15 is 0 Å². The lowest BCUT2D eigenvalue weighted by molar-refractivity contribution is -0.152. The Morgan fingerprint density at radius 1 is 0.750 bits per heavy atom. The third kappa shape index (κ3) is 3.18. The van der Waals surface area contributed by atoms with Crippen LogP contribution in [0.25, 0.3) is 0 Å². The first-order chi connectivity index (χ1) is 9.16. The van der Waals surface area contributed by atoms with Gasteiger partial charge in [0.25, 0.3) is 0 Å². The van der Waals surface area contributed by atoms with Crippen LogP contribution in [0, 0.1) is 3.14 Å². The summed E-state index contributed by atoms with van der Waals surface area (Å²) in [5.41, 5.74) is 0. The first kappa shape index (κ1) is 16.2. The molecule has 0 aliphatic heterocycles. The van der Waals surface area contributed by atoms with E-state index in [0.717, 1.165) is 0 Å². The van der Waals surface area contributed by atoms with Gasteiger partial charge in [0.1, 0.15) is 3.14 Å². The van der Waals surface area contributed by atoms with Crippen LogP contribution in [-0.2, 0) is 19.2 Å². The Kier molecular flexibility index (Phi) is 4.92. The van der Waals surface area contributed by atoms with Gasteiger partial charge >= 0.3 is 23.9 Å². The molecule has 0 unspecified atom stereocenters. The molecule has 0 aliphatic carbocycles. The van der Waals surface area contributed by atoms with E-state index < -0.39 is 35.7 Å². The van der Waals surface area contributed by atoms with Crippen molar-refractivity contribution < 1.29 is 39.6 Å². The van der Waals surface area contributed by atoms with Crippen molar-refractivity contribution in [2.24, 2.45) is 0 Å². The Labute approximate surface area is 123 Å². The molecule has 0 spiro atoms. The lowest BCUT2D eigenvalue weighted by Gasteiger charge is -2.10. The van der Waals surface area contributed by atoms with Crippen molar-refractivity contribution in [3.05, 3.63) is 12.9 Å². The van der Waals surface area contributed by atoms with Crippen molar-refractivity contribution in [2.45, 2.75) is 11.8 Å². The molecule has 0 aliphatic rings. The van der Waals surface area contributed by atoms with E-state index in [0.29, 0.717) is 22.7 Å². The van der Waals surface area contributed by atoms with Gasteiger partial charge in [0.05, 0.1) is 0 Å². The van der Waals surface area contributed by atoms with Crippen molar-refractivity contribution >= 4 is 58.8 Å². The molecular weight excluding hydrogens is 332 g/mol. The van der Waals surface area contributed by atoms with Gasteiger partial charge in [0, 0.05) is 9.75 Å². The van der Waals surface area contributed by atoms with Crippen LogP contribution >= 0.6 is 34.9 Å². The van der Waals surface area contributed by atoms with Gasteiger partial charge in [-0.3, -0.25) is 19.2 Å². The first-order valence-corrected chi connectivity index (χ1v) is 6.75. The van der Waals surface area contributed by atoms with Crippen molar-refractivity contribution in [3.8, 4) is 0 Å². The Bertz CT molecular complexity index is 561. The molecule has 0 fully saturated rings. The molecule has 0 atom stereocenters. The summed E-state index contributed by atoms with van der Waals surface area (Å²) in [4.78, 5) is 43.1. The SMILES string of the molecule is O=C(O)C(C(=O)O)c1sc(=S)sc1C(C(=O)O)C(=O)O. The van der Waals surface area contributed by atoms with E-state index in [9.17, 15) is 19.2 Å². The van der Waals surface area contributed by atoms with E-state index in [2.05, 4.69) is 0 Å². The summed E-state index contributed by atoms with van der Waals surface area (Å²) >= 11 is 5.94. The fourth-order valence-electron chi connectivity index (χ4n) is 1.36. The number of aliphatic carboxylic acids is 4. The highest BCUT2D eigenvalue weighted by Gasteiger charge is 2.39. The van der Waals surface area contributed by atoms with E-state index in [4.69, 9.17) is 32.6 Å². The lowest BCUT2D eigenvalue weighted by atomic mass is 10.0. The van der Waals surface area contributed by atoms with Crippen LogP contribution in [0.4, 0.5) is 0 Å². The van der Waals surface area contributed by atoms with Crippen LogP contribution in [0.3, 0.4) is 0 Å². The zero-order chi connectivity index (χ0) is 15.6. The van der Waals surface area contributed by atoms with Gasteiger partial charge in [-0.1, -0.05) is 12.2 Å². The molecule has 11 heteroatoms. The van der Waals surface area contributed by atoms with Crippen molar-refractivity contribution in [2.75, 3.05) is 0 Å². The summed E-state index contributed by atoms with van der Waals surface area (Å²) in [5.74, 6) is -11.0. The number of hydrogen-bond donors (Lipinski definition) is 4. The summed E-state index contributed by atoms with van der Waals surface area (Å²) in [6.45, 7) is 0. The third-order valence-corrected chi connectivity index (χ3v) is 4.96. The van der Waals surface area contributed by atoms with E-state index in [1.54, 1.807) is 0 Å². The minimum atomic E-state index is -2.05. The van der Waals surface area contributed by atoms with Crippen LogP contribution < -0.4 is 0 Å². The van der Waals surface area contributed by atoms with Crippen LogP contribution in [0.2, 0.25) is 0 Å². The third-order valence-electron chi connectivity index (χ3n) is 2.14. The molecule has 20 heavy (non-hydrogen) atoms. The molecule has 1 rings (SSSR count). The molecule has 4 N–H and O–H groups in total. The van der Waals surface area contributed by atoms with Gasteiger partial charge in [-0.05, 0) is 0 Å². The number of carbonyl (C=O) groups is 4. The minimum Gasteiger partial charge on any atom is -0.480 e. The van der Waals surface area contributed by atoms with E-state index in [1.165, 1.54) is 0 Å². The zero-order valence-electron chi connectivity index (χ0n) is 9.30. The predicted molar refractivity (Wildman–Crippen MR) is 69.1 cm³/mol. The van der Waals surface area contributed by atoms with Gasteiger partial charge in [-0.2, -0.15) is 0 Å². The number of carboxylic acid groups (broad SMARTS) is 4. The van der Waals surface area contributed by atoms with Crippen molar-refractivity contribution in [1.29, 1.82) is 0 Å². The molecule has 0 bridgehead atoms. The maximum absolute atomic E-state index is 11.0. The molecule has 0 aromatic carbocycles. The Morgan fingerprint density at radius 3 is 1.20 bits per heavy atom. The van der Waals surface area contributed by atoms with Gasteiger partial charge < -0.3 is 20.4 Å². The molecule has 0 saturated heterocycles. The molecule has 0 amide bonds. The summed E-state index contributed by atoms with van der Waals surface area (Å²) in [6, 6.07) is 0. The van der Waals surface area contributed by atoms with E-state index in [-0.39, 0.29) is 12.9 Å². The van der Waals surface area contributed by atoms with Crippen LogP contribution in [0.1, 0.15) is 21.6 Å². The highest BCUT2D eigenvalue weighted by Crippen LogP contribution is 2.37. The zero-order valence-corrected chi connectivity index (χ0v) is 11.8. The lowest BCUT2D eigenvalue weighted by Crippen LogP contribution is -2.25. The van der Waals surface area contributed by atoms with Gasteiger partial charge in [-0.15, -0.1) is 22.7 Å². The molecule has 8 nitrogen and oxygen atoms in total. The van der Waals surface area contributed by atoms with Gasteiger partial charge in [0.15, 0.2) is 11.8 Å². The Balaban J connectivity index is 3.54. The number of hydrogen-bond acceptors (Lipinski definition) is 7. The van der Waals surface area contributed by atoms with Crippen LogP contribution in [0.15, 0.2) is 0 Å². The number of rotatable bonds is 6. The maximum Gasteiger partial charge on any atom is 0.323 e. The second-order valence-corrected chi connectivity index (χ2v) is 6.69. The summed E-state index contributed by atoms with van der Waals surface area (Å²) < 4.78 is 0.0509. The fraction of sp³-hybridized carbons (Fsp3) is 0.222. The average molecular weight is 338 g/mol. The summed E-state index contributed by atoms with van der Waals surface area (Å²) in [7, 11) is 0. The summed E-state index contributed by atoms with van der Waals surface area (Å²) in [6.07, 6.45) is 0. The average Bonchev–Trinajstić information content (AvgIpc) is 2.57. The highest BCUT2D eigenvalue weighted by atomic mass is 32.2. The predicted octanol–water partition coefficient (Wildman–Crippen LogP) is 1.04. The second kappa shape index (κ2) is 6.07. The largest absolute Gasteiger partial charge is 0.480 e. The second-order valence-electron chi connectivity index (χ2n) is 3.40. The standard InChI is InChI=1S/C9H6O8S3/c10-5(11)1(6(12)13)3-4(20-9(18)19-3)2(7(14)15)8(16)17/h1-2H,(H,10,11)(H,12,13)(H,14,15)(H,16,17). The van der Waals surface area contributed by atoms with Gasteiger partial charge in [-0.25, -0.2) is 0 Å². The quantitative estimate of drug-likeness (QED) is 0.441. The molecule has 1 heterocycles. The Hall–Kier alpha value is -1.85. The van der Waals surface area contributed by atoms with E-state index in [1.807, 2.05) is 0 Å². The van der Waals surface area contributed by atoms with Gasteiger partial charge in [0.2, 0.25) is 0 Å². The monoisotopic (exact) mass is 338 g/mol. The van der Waals surface area contributed by atoms with Crippen LogP contribution in [0.5, 0.6) is 0 Å². The topological polar surface area (TPSA) is 149 Å². The summed E-state index contributed by atoms with van der Waals surface area (Å²) in [5, 5.41) is 35.6. The van der Waals surface area contributed by atoms with Crippen molar-refractivity contribution in [3.63, 3.8) is 0 Å². The van der Waals surface area contributed by atoms with Crippen molar-refractivity contribution in [1.82, 2.24) is 0 Å². The fourth-order valence-corrected chi connectivity index (χ4v) is 4.29. The molecule has 1 aromatic heterocycles. The highest BCUT2D eigenvalue weighted by molar-refractivity contribution is 7.76. The molecule has 1 aromatic rings. The molecular formula is C9H6O8S3. The smallest absolute Gasteiger partial charge is 0.323 e. The number of carboxylic acids is 4.